The molecule has 0 bridgehead atoms. The van der Waals surface area contributed by atoms with Gasteiger partial charge in [0.25, 0.3) is 0 Å². The molecule has 0 aliphatic heterocycles. The van der Waals surface area contributed by atoms with Crippen molar-refractivity contribution < 1.29 is 0 Å². The van der Waals surface area contributed by atoms with Gasteiger partial charge in [-0.1, -0.05) is 38.5 Å². The maximum absolute atomic E-state index is 2.42. The molecule has 1 aliphatic carbocycles. The minimum atomic E-state index is 0.867. The number of hydrogen-bond donors (Lipinski definition) is 0. The molecule has 0 radical (unpaired) electrons. The van der Waals surface area contributed by atoms with Gasteiger partial charge in [-0.25, -0.2) is 0 Å². The normalized spacial score (nSPS) is 20.3. The van der Waals surface area contributed by atoms with Gasteiger partial charge in [-0.15, -0.1) is 0 Å². The molecule has 1 aromatic carbocycles. The smallest absolute Gasteiger partial charge is 0.0247 e. The minimum Gasteiger partial charge on any atom is -0.0651 e. The molecule has 2 rings (SSSR count). The Morgan fingerprint density at radius 3 is 2.77 bits per heavy atom. The van der Waals surface area contributed by atoms with Gasteiger partial charge in [0, 0.05) is 0 Å². The summed E-state index contributed by atoms with van der Waals surface area (Å²) in [4.78, 5) is 0. The van der Waals surface area contributed by atoms with E-state index in [1.165, 1.54) is 31.2 Å². The van der Waals surface area contributed by atoms with Crippen molar-refractivity contribution in [3.8, 4) is 0 Å². The molecule has 0 heterocycles. The molecule has 0 nitrogen and oxygen atoms in total. The Morgan fingerprint density at radius 2 is 2.00 bits per heavy atom. The summed E-state index contributed by atoms with van der Waals surface area (Å²) < 4.78 is 0. The fourth-order valence-electron chi connectivity index (χ4n) is 2.34. The van der Waals surface area contributed by atoms with Crippen LogP contribution in [-0.2, 0) is 19.3 Å². The first-order valence-corrected chi connectivity index (χ1v) is 5.40. The second kappa shape index (κ2) is 3.53. The zero-order valence-electron chi connectivity index (χ0n) is 8.64. The third kappa shape index (κ3) is 1.77. The zero-order valence-corrected chi connectivity index (χ0v) is 8.64. The van der Waals surface area contributed by atoms with E-state index < -0.39 is 0 Å². The topological polar surface area (TPSA) is 0 Å². The fraction of sp³-hybridized carbons (Fsp3) is 0.538. The lowest BCUT2D eigenvalue weighted by molar-refractivity contribution is 0.627. The van der Waals surface area contributed by atoms with Crippen molar-refractivity contribution in [3.63, 3.8) is 0 Å². The highest BCUT2D eigenvalue weighted by Crippen LogP contribution is 2.27. The third-order valence-electron chi connectivity index (χ3n) is 2.95. The molecule has 13 heavy (non-hydrogen) atoms. The Labute approximate surface area is 81.0 Å². The number of rotatable bonds is 2. The molecule has 0 N–H and O–H groups in total. The summed E-state index contributed by atoms with van der Waals surface area (Å²) in [6, 6.07) is 7.06. The van der Waals surface area contributed by atoms with Gasteiger partial charge in [0.15, 0.2) is 0 Å². The molecule has 1 aromatic rings. The molecule has 0 saturated carbocycles. The molecule has 0 saturated heterocycles. The van der Waals surface area contributed by atoms with Gasteiger partial charge in [0.2, 0.25) is 0 Å². The van der Waals surface area contributed by atoms with Crippen molar-refractivity contribution in [1.82, 2.24) is 0 Å². The highest BCUT2D eigenvalue weighted by molar-refractivity contribution is 5.36. The fourth-order valence-corrected chi connectivity index (χ4v) is 2.34. The van der Waals surface area contributed by atoms with Crippen LogP contribution in [-0.4, -0.2) is 0 Å². The molecule has 1 aliphatic rings. The quantitative estimate of drug-likeness (QED) is 0.645. The summed E-state index contributed by atoms with van der Waals surface area (Å²) in [6.07, 6.45) is 5.09. The average molecular weight is 174 g/mol. The summed E-state index contributed by atoms with van der Waals surface area (Å²) in [5.74, 6) is 0.867. The molecule has 0 amide bonds. The highest BCUT2D eigenvalue weighted by atomic mass is 14.2. The second-order valence-electron chi connectivity index (χ2n) is 4.37. The first-order valence-electron chi connectivity index (χ1n) is 5.40. The Morgan fingerprint density at radius 1 is 1.23 bits per heavy atom. The van der Waals surface area contributed by atoms with E-state index in [1.54, 1.807) is 11.1 Å². The van der Waals surface area contributed by atoms with Gasteiger partial charge in [-0.05, 0) is 41.9 Å². The zero-order chi connectivity index (χ0) is 9.26. The second-order valence-corrected chi connectivity index (χ2v) is 4.37. The van der Waals surface area contributed by atoms with Crippen molar-refractivity contribution in [2.75, 3.05) is 0 Å². The number of hydrogen-bond acceptors (Lipinski definition) is 0. The van der Waals surface area contributed by atoms with Crippen LogP contribution in [0.5, 0.6) is 0 Å². The first kappa shape index (κ1) is 8.80. The Balaban J connectivity index is 2.24. The van der Waals surface area contributed by atoms with Crippen LogP contribution >= 0.6 is 0 Å². The van der Waals surface area contributed by atoms with Crippen LogP contribution in [0.15, 0.2) is 18.2 Å². The predicted molar refractivity (Wildman–Crippen MR) is 57.0 cm³/mol. The van der Waals surface area contributed by atoms with E-state index in [2.05, 4.69) is 32.0 Å². The van der Waals surface area contributed by atoms with E-state index in [4.69, 9.17) is 0 Å². The molecule has 70 valence electrons. The minimum absolute atomic E-state index is 0.867. The van der Waals surface area contributed by atoms with E-state index in [1.807, 2.05) is 0 Å². The summed E-state index contributed by atoms with van der Waals surface area (Å²) in [5.41, 5.74) is 4.72. The molecule has 0 fully saturated rings. The van der Waals surface area contributed by atoms with Crippen molar-refractivity contribution >= 4 is 0 Å². The van der Waals surface area contributed by atoms with Gasteiger partial charge < -0.3 is 0 Å². The van der Waals surface area contributed by atoms with E-state index >= 15 is 0 Å². The number of fused-ring (bicyclic) bond motifs is 1. The maximum Gasteiger partial charge on any atom is -0.0247 e. The molecule has 1 unspecified atom stereocenters. The predicted octanol–water partition coefficient (Wildman–Crippen LogP) is 3.37. The standard InChI is InChI=1S/C13H18/c1-3-4-11-5-6-12-7-10(2)8-13(12)9-11/h5-6,9-10H,3-4,7-8H2,1-2H3. The average Bonchev–Trinajstić information content (AvgIpc) is 2.44. The van der Waals surface area contributed by atoms with Gasteiger partial charge in [-0.2, -0.15) is 0 Å². The van der Waals surface area contributed by atoms with Crippen molar-refractivity contribution in [2.24, 2.45) is 5.92 Å². The molecule has 1 atom stereocenters. The highest BCUT2D eigenvalue weighted by Gasteiger charge is 2.17. The van der Waals surface area contributed by atoms with Crippen LogP contribution in [0.25, 0.3) is 0 Å². The van der Waals surface area contributed by atoms with Crippen molar-refractivity contribution in [2.45, 2.75) is 39.5 Å². The third-order valence-corrected chi connectivity index (χ3v) is 2.95. The molecule has 0 spiro atoms. The van der Waals surface area contributed by atoms with E-state index in [-0.39, 0.29) is 0 Å². The Bertz CT molecular complexity index is 299. The van der Waals surface area contributed by atoms with Crippen LogP contribution in [0.2, 0.25) is 0 Å². The van der Waals surface area contributed by atoms with Crippen LogP contribution < -0.4 is 0 Å². The monoisotopic (exact) mass is 174 g/mol. The molecular formula is C13H18. The SMILES string of the molecule is CCCc1ccc2c(c1)CC(C)C2. The molecule has 0 aromatic heterocycles. The summed E-state index contributed by atoms with van der Waals surface area (Å²) in [6.45, 7) is 4.59. The van der Waals surface area contributed by atoms with Gasteiger partial charge in [-0.3, -0.25) is 0 Å². The molecular weight excluding hydrogens is 156 g/mol. The lowest BCUT2D eigenvalue weighted by Gasteiger charge is -2.02. The largest absolute Gasteiger partial charge is 0.0651 e. The van der Waals surface area contributed by atoms with E-state index in [9.17, 15) is 0 Å². The first-order chi connectivity index (χ1) is 6.29. The van der Waals surface area contributed by atoms with Crippen LogP contribution in [0.3, 0.4) is 0 Å². The number of benzene rings is 1. The van der Waals surface area contributed by atoms with E-state index in [0.717, 1.165) is 5.92 Å². The maximum atomic E-state index is 2.42. The summed E-state index contributed by atoms with van der Waals surface area (Å²) in [5, 5.41) is 0. The lowest BCUT2D eigenvalue weighted by Crippen LogP contribution is -1.89. The van der Waals surface area contributed by atoms with Crippen LogP contribution in [0.4, 0.5) is 0 Å². The summed E-state index contributed by atoms with van der Waals surface area (Å²) in [7, 11) is 0. The van der Waals surface area contributed by atoms with Crippen molar-refractivity contribution in [1.29, 1.82) is 0 Å². The summed E-state index contributed by atoms with van der Waals surface area (Å²) >= 11 is 0. The Hall–Kier alpha value is -0.780. The van der Waals surface area contributed by atoms with Gasteiger partial charge in [0.05, 0.1) is 0 Å². The Kier molecular flexibility index (Phi) is 2.39. The number of aryl methyl sites for hydroxylation is 1. The van der Waals surface area contributed by atoms with Crippen LogP contribution in [0, 0.1) is 5.92 Å². The lowest BCUT2D eigenvalue weighted by atomic mass is 10.0. The van der Waals surface area contributed by atoms with Gasteiger partial charge >= 0.3 is 0 Å². The molecule has 0 heteroatoms. The van der Waals surface area contributed by atoms with Crippen LogP contribution in [0.1, 0.15) is 37.0 Å². The van der Waals surface area contributed by atoms with E-state index in [0.29, 0.717) is 0 Å². The van der Waals surface area contributed by atoms with Crippen molar-refractivity contribution in [3.05, 3.63) is 34.9 Å². The van der Waals surface area contributed by atoms with Gasteiger partial charge in [0.1, 0.15) is 0 Å².